The summed E-state index contributed by atoms with van der Waals surface area (Å²) in [4.78, 5) is 0. The topological polar surface area (TPSA) is 26.0 Å². The fraction of sp³-hybridized carbons (Fsp3) is 0.714. The summed E-state index contributed by atoms with van der Waals surface area (Å²) in [5, 5.41) is 0. The van der Waals surface area contributed by atoms with Crippen LogP contribution in [-0.4, -0.2) is 9.46 Å². The molecular weight excluding hydrogens is 309 g/mol. The molecule has 0 radical (unpaired) electrons. The minimum absolute atomic E-state index is 0.108. The Hall–Kier alpha value is 0.170. The van der Waals surface area contributed by atoms with Gasteiger partial charge in [-0.15, -0.1) is 0 Å². The highest BCUT2D eigenvalue weighted by Gasteiger charge is 2.21. The molecule has 1 nitrogen and oxygen atoms in total. The molecule has 2 rings (SSSR count). The third kappa shape index (κ3) is 3.59. The molecular formula is C14H22IN. The Bertz CT molecular complexity index is 296. The zero-order valence-electron chi connectivity index (χ0n) is 10.1. The van der Waals surface area contributed by atoms with E-state index in [9.17, 15) is 0 Å². The molecule has 1 unspecified atom stereocenters. The van der Waals surface area contributed by atoms with Crippen molar-refractivity contribution in [3.63, 3.8) is 0 Å². The molecule has 1 atom stereocenters. The summed E-state index contributed by atoms with van der Waals surface area (Å²) in [5.74, 6) is 0.920. The van der Waals surface area contributed by atoms with E-state index in [0.717, 1.165) is 16.3 Å². The summed E-state index contributed by atoms with van der Waals surface area (Å²) in [6, 6.07) is 0. The molecule has 0 saturated heterocycles. The molecule has 0 bridgehead atoms. The van der Waals surface area contributed by atoms with Crippen LogP contribution in [0.5, 0.6) is 0 Å². The van der Waals surface area contributed by atoms with Gasteiger partial charge < -0.3 is 5.73 Å². The summed E-state index contributed by atoms with van der Waals surface area (Å²) in [6.07, 6.45) is 14.7. The Labute approximate surface area is 113 Å². The molecule has 0 heterocycles. The van der Waals surface area contributed by atoms with Crippen LogP contribution < -0.4 is 5.73 Å². The molecule has 90 valence electrons. The molecule has 2 aliphatic rings. The van der Waals surface area contributed by atoms with Gasteiger partial charge in [0, 0.05) is 9.46 Å². The fourth-order valence-electron chi connectivity index (χ4n) is 2.60. The molecule has 0 spiro atoms. The van der Waals surface area contributed by atoms with Crippen molar-refractivity contribution in [1.29, 1.82) is 0 Å². The maximum absolute atomic E-state index is 6.06. The van der Waals surface area contributed by atoms with Crippen molar-refractivity contribution in [2.45, 2.75) is 54.9 Å². The predicted octanol–water partition coefficient (Wildman–Crippen LogP) is 3.97. The Kier molecular flexibility index (Phi) is 4.11. The first-order chi connectivity index (χ1) is 7.55. The molecule has 0 aromatic carbocycles. The average molecular weight is 331 g/mol. The highest BCUT2D eigenvalue weighted by atomic mass is 127. The molecule has 1 fully saturated rings. The monoisotopic (exact) mass is 331 g/mol. The lowest BCUT2D eigenvalue weighted by Gasteiger charge is -2.28. The second-order valence-corrected chi connectivity index (χ2v) is 7.41. The lowest BCUT2D eigenvalue weighted by Crippen LogP contribution is -2.34. The van der Waals surface area contributed by atoms with Gasteiger partial charge in [-0.1, -0.05) is 46.4 Å². The maximum atomic E-state index is 6.06. The summed E-state index contributed by atoms with van der Waals surface area (Å²) in [5.41, 5.74) is 7.46. The van der Waals surface area contributed by atoms with E-state index in [1.54, 1.807) is 0 Å². The second kappa shape index (κ2) is 5.21. The van der Waals surface area contributed by atoms with E-state index in [1.807, 2.05) is 0 Å². The second-order valence-electron chi connectivity index (χ2n) is 5.64. The van der Waals surface area contributed by atoms with Crippen molar-refractivity contribution in [2.24, 2.45) is 11.7 Å². The minimum atomic E-state index is -0.108. The van der Waals surface area contributed by atoms with Gasteiger partial charge in [0.25, 0.3) is 0 Å². The zero-order valence-corrected chi connectivity index (χ0v) is 12.2. The van der Waals surface area contributed by atoms with Crippen molar-refractivity contribution < 1.29 is 0 Å². The van der Waals surface area contributed by atoms with E-state index in [4.69, 9.17) is 5.73 Å². The van der Waals surface area contributed by atoms with Crippen LogP contribution in [0.25, 0.3) is 0 Å². The van der Waals surface area contributed by atoms with Crippen molar-refractivity contribution in [1.82, 2.24) is 0 Å². The first kappa shape index (κ1) is 12.6. The van der Waals surface area contributed by atoms with Crippen LogP contribution in [0.3, 0.4) is 0 Å². The highest BCUT2D eigenvalue weighted by molar-refractivity contribution is 14.1. The normalized spacial score (nSPS) is 39.6. The smallest absolute Gasteiger partial charge is 0.0348 e. The molecule has 2 N–H and O–H groups in total. The Morgan fingerprint density at radius 1 is 1.38 bits per heavy atom. The summed E-state index contributed by atoms with van der Waals surface area (Å²) >= 11 is 2.60. The van der Waals surface area contributed by atoms with Gasteiger partial charge in [-0.2, -0.15) is 0 Å². The number of allylic oxidation sites excluding steroid dienone is 2. The van der Waals surface area contributed by atoms with Crippen molar-refractivity contribution >= 4 is 22.6 Å². The lowest BCUT2D eigenvalue weighted by molar-refractivity contribution is 0.369. The van der Waals surface area contributed by atoms with Gasteiger partial charge in [0.2, 0.25) is 0 Å². The number of rotatable bonds is 2. The SMILES string of the molecule is CC1(N)C=CC(CC2CCC(I)CC2)=CC1. The quantitative estimate of drug-likeness (QED) is 0.601. The van der Waals surface area contributed by atoms with E-state index >= 15 is 0 Å². The van der Waals surface area contributed by atoms with E-state index < -0.39 is 0 Å². The summed E-state index contributed by atoms with van der Waals surface area (Å²) < 4.78 is 0.928. The van der Waals surface area contributed by atoms with E-state index in [1.165, 1.54) is 37.7 Å². The first-order valence-corrected chi connectivity index (χ1v) is 7.61. The lowest BCUT2D eigenvalue weighted by atomic mass is 9.82. The van der Waals surface area contributed by atoms with E-state index in [0.29, 0.717) is 0 Å². The average Bonchev–Trinajstić information content (AvgIpc) is 2.24. The number of hydrogen-bond acceptors (Lipinski definition) is 1. The molecule has 0 aromatic heterocycles. The third-order valence-electron chi connectivity index (χ3n) is 3.78. The van der Waals surface area contributed by atoms with Crippen molar-refractivity contribution in [3.8, 4) is 0 Å². The van der Waals surface area contributed by atoms with Gasteiger partial charge in [0.1, 0.15) is 0 Å². The van der Waals surface area contributed by atoms with Crippen LogP contribution in [0.15, 0.2) is 23.8 Å². The third-order valence-corrected chi connectivity index (χ3v) is 5.03. The molecule has 1 saturated carbocycles. The summed E-state index contributed by atoms with van der Waals surface area (Å²) in [7, 11) is 0. The van der Waals surface area contributed by atoms with Gasteiger partial charge in [0.05, 0.1) is 0 Å². The maximum Gasteiger partial charge on any atom is 0.0348 e. The number of alkyl halides is 1. The largest absolute Gasteiger partial charge is 0.322 e. The van der Waals surface area contributed by atoms with Crippen LogP contribution >= 0.6 is 22.6 Å². The first-order valence-electron chi connectivity index (χ1n) is 6.36. The molecule has 2 aliphatic carbocycles. The van der Waals surface area contributed by atoms with Crippen LogP contribution in [0.1, 0.15) is 45.4 Å². The Morgan fingerprint density at radius 3 is 2.62 bits per heavy atom. The van der Waals surface area contributed by atoms with Gasteiger partial charge in [-0.25, -0.2) is 0 Å². The predicted molar refractivity (Wildman–Crippen MR) is 78.8 cm³/mol. The van der Waals surface area contributed by atoms with Gasteiger partial charge in [-0.05, 0) is 51.4 Å². The van der Waals surface area contributed by atoms with Crippen molar-refractivity contribution in [3.05, 3.63) is 23.8 Å². The zero-order chi connectivity index (χ0) is 11.6. The Morgan fingerprint density at radius 2 is 2.06 bits per heavy atom. The fourth-order valence-corrected chi connectivity index (χ4v) is 3.31. The molecule has 0 aliphatic heterocycles. The van der Waals surface area contributed by atoms with E-state index in [-0.39, 0.29) is 5.54 Å². The molecule has 0 aromatic rings. The molecule has 16 heavy (non-hydrogen) atoms. The van der Waals surface area contributed by atoms with Crippen LogP contribution in [0.2, 0.25) is 0 Å². The van der Waals surface area contributed by atoms with Crippen LogP contribution in [0, 0.1) is 5.92 Å². The highest BCUT2D eigenvalue weighted by Crippen LogP contribution is 2.34. The molecule has 2 heteroatoms. The van der Waals surface area contributed by atoms with Gasteiger partial charge in [-0.3, -0.25) is 0 Å². The minimum Gasteiger partial charge on any atom is -0.322 e. The van der Waals surface area contributed by atoms with Gasteiger partial charge in [0.15, 0.2) is 0 Å². The van der Waals surface area contributed by atoms with Crippen molar-refractivity contribution in [2.75, 3.05) is 0 Å². The summed E-state index contributed by atoms with van der Waals surface area (Å²) in [6.45, 7) is 2.10. The standard InChI is InChI=1S/C14H22IN/c1-14(16)8-6-12(7-9-14)10-11-2-4-13(15)5-3-11/h6-8,11,13H,2-5,9-10,16H2,1H3. The number of hydrogen-bond donors (Lipinski definition) is 1. The van der Waals surface area contributed by atoms with Crippen LogP contribution in [0.4, 0.5) is 0 Å². The Balaban J connectivity index is 1.83. The number of nitrogens with two attached hydrogens (primary N) is 1. The molecule has 0 amide bonds. The van der Waals surface area contributed by atoms with Gasteiger partial charge >= 0.3 is 0 Å². The van der Waals surface area contributed by atoms with E-state index in [2.05, 4.69) is 47.7 Å². The van der Waals surface area contributed by atoms with Crippen LogP contribution in [-0.2, 0) is 0 Å². The number of halogens is 1.